The Morgan fingerprint density at radius 1 is 1.24 bits per heavy atom. The van der Waals surface area contributed by atoms with Crippen LogP contribution in [0.25, 0.3) is 0 Å². The first-order valence-corrected chi connectivity index (χ1v) is 12.9. The van der Waals surface area contributed by atoms with Crippen LogP contribution in [-0.2, 0) is 23.8 Å². The van der Waals surface area contributed by atoms with Crippen LogP contribution in [-0.4, -0.2) is 43.8 Å². The lowest BCUT2D eigenvalue weighted by Gasteiger charge is -2.29. The first kappa shape index (κ1) is 27.0. The van der Waals surface area contributed by atoms with Crippen LogP contribution in [0.3, 0.4) is 0 Å². The topological polar surface area (TPSA) is 61.8 Å². The monoisotopic (exact) mass is 482 g/mol. The van der Waals surface area contributed by atoms with Crippen LogP contribution in [0.4, 0.5) is 8.78 Å². The summed E-state index contributed by atoms with van der Waals surface area (Å²) in [5, 5.41) is 0. The van der Waals surface area contributed by atoms with Crippen LogP contribution in [0.1, 0.15) is 84.0 Å². The minimum atomic E-state index is -3.33. The van der Waals surface area contributed by atoms with Crippen molar-refractivity contribution in [2.75, 3.05) is 13.7 Å². The fourth-order valence-corrected chi connectivity index (χ4v) is 5.79. The molecule has 1 saturated heterocycles. The second-order valence-corrected chi connectivity index (χ2v) is 10.0. The molecule has 0 N–H and O–H groups in total. The van der Waals surface area contributed by atoms with Crippen molar-refractivity contribution in [1.82, 2.24) is 0 Å². The number of unbranched alkanes of at least 4 members (excludes halogenated alkanes) is 2. The van der Waals surface area contributed by atoms with Crippen molar-refractivity contribution >= 4 is 11.8 Å². The number of ketones is 1. The highest BCUT2D eigenvalue weighted by atomic mass is 19.3. The van der Waals surface area contributed by atoms with Gasteiger partial charge in [-0.2, -0.15) is 8.78 Å². The predicted molar refractivity (Wildman–Crippen MR) is 125 cm³/mol. The van der Waals surface area contributed by atoms with E-state index in [0.29, 0.717) is 25.9 Å². The standard InChI is InChI=1S/C27H40F2O5/c1-3-4-17-27(28,29)23(30)14-13-20-21-10-9-16-26(21,15-7-5-11-24(31)32-2)19-22(20)34-25-12-6-8-18-33-25/h9,13-14,16,20-22,25H,3-8,10-12,15,17-19H2,1-2H3/b14-13+. The Balaban J connectivity index is 1.72. The molecule has 5 atom stereocenters. The predicted octanol–water partition coefficient (Wildman–Crippen LogP) is 6.16. The van der Waals surface area contributed by atoms with E-state index in [-0.39, 0.29) is 35.6 Å². The number of esters is 1. The van der Waals surface area contributed by atoms with E-state index in [1.165, 1.54) is 7.11 Å². The number of ether oxygens (including phenoxy) is 3. The van der Waals surface area contributed by atoms with Gasteiger partial charge in [-0.15, -0.1) is 0 Å². The van der Waals surface area contributed by atoms with Gasteiger partial charge in [0.25, 0.3) is 0 Å². The maximum atomic E-state index is 14.3. The molecule has 0 radical (unpaired) electrons. The molecule has 0 aromatic rings. The highest BCUT2D eigenvalue weighted by Crippen LogP contribution is 2.57. The summed E-state index contributed by atoms with van der Waals surface area (Å²) in [5.74, 6) is -4.59. The number of allylic oxidation sites excluding steroid dienone is 3. The molecule has 0 amide bonds. The molecular weight excluding hydrogens is 442 g/mol. The zero-order valence-electron chi connectivity index (χ0n) is 20.6. The molecule has 0 aromatic heterocycles. The van der Waals surface area contributed by atoms with Gasteiger partial charge >= 0.3 is 11.9 Å². The van der Waals surface area contributed by atoms with E-state index >= 15 is 0 Å². The van der Waals surface area contributed by atoms with E-state index in [1.54, 1.807) is 6.08 Å². The third-order valence-corrected chi connectivity index (χ3v) is 7.69. The van der Waals surface area contributed by atoms with Crippen LogP contribution < -0.4 is 0 Å². The van der Waals surface area contributed by atoms with E-state index in [2.05, 4.69) is 12.2 Å². The van der Waals surface area contributed by atoms with E-state index in [0.717, 1.165) is 57.4 Å². The van der Waals surface area contributed by atoms with Gasteiger partial charge in [-0.1, -0.05) is 38.0 Å². The smallest absolute Gasteiger partial charge is 0.309 e. The molecule has 5 nitrogen and oxygen atoms in total. The average molecular weight is 483 g/mol. The Labute approximate surface area is 202 Å². The number of halogens is 2. The van der Waals surface area contributed by atoms with Crippen LogP contribution in [0.5, 0.6) is 0 Å². The first-order valence-electron chi connectivity index (χ1n) is 12.9. The zero-order valence-corrected chi connectivity index (χ0v) is 20.6. The van der Waals surface area contributed by atoms with Crippen molar-refractivity contribution in [2.45, 2.75) is 102 Å². The van der Waals surface area contributed by atoms with Gasteiger partial charge in [-0.3, -0.25) is 9.59 Å². The molecule has 3 rings (SSSR count). The summed E-state index contributed by atoms with van der Waals surface area (Å²) in [6, 6.07) is 0. The third-order valence-electron chi connectivity index (χ3n) is 7.69. The highest BCUT2D eigenvalue weighted by molar-refractivity contribution is 5.95. The Kier molecular flexibility index (Phi) is 9.84. The maximum Gasteiger partial charge on any atom is 0.309 e. The number of methoxy groups -OCH3 is 1. The van der Waals surface area contributed by atoms with Gasteiger partial charge < -0.3 is 14.2 Å². The molecule has 7 heteroatoms. The van der Waals surface area contributed by atoms with Gasteiger partial charge in [0.15, 0.2) is 6.29 Å². The number of carbonyl (C=O) groups excluding carboxylic acids is 2. The van der Waals surface area contributed by atoms with Crippen molar-refractivity contribution in [3.8, 4) is 0 Å². The molecular formula is C27H40F2O5. The van der Waals surface area contributed by atoms with Gasteiger partial charge in [-0.05, 0) is 68.8 Å². The Hall–Kier alpha value is -1.60. The molecule has 1 saturated carbocycles. The summed E-state index contributed by atoms with van der Waals surface area (Å²) >= 11 is 0. The fraction of sp³-hybridized carbons (Fsp3) is 0.778. The van der Waals surface area contributed by atoms with Crippen molar-refractivity contribution in [2.24, 2.45) is 17.3 Å². The van der Waals surface area contributed by atoms with Gasteiger partial charge in [-0.25, -0.2) is 0 Å². The van der Waals surface area contributed by atoms with Crippen LogP contribution in [0.2, 0.25) is 0 Å². The van der Waals surface area contributed by atoms with Gasteiger partial charge in [0.2, 0.25) is 5.78 Å². The fourth-order valence-electron chi connectivity index (χ4n) is 5.79. The molecule has 34 heavy (non-hydrogen) atoms. The molecule has 5 unspecified atom stereocenters. The Bertz CT molecular complexity index is 743. The number of hydrogen-bond donors (Lipinski definition) is 0. The molecule has 1 heterocycles. The van der Waals surface area contributed by atoms with Crippen molar-refractivity contribution < 1.29 is 32.6 Å². The van der Waals surface area contributed by atoms with Crippen molar-refractivity contribution in [1.29, 1.82) is 0 Å². The second kappa shape index (κ2) is 12.4. The van der Waals surface area contributed by atoms with Gasteiger partial charge in [0, 0.05) is 25.4 Å². The molecule has 0 spiro atoms. The summed E-state index contributed by atoms with van der Waals surface area (Å²) < 4.78 is 45.5. The molecule has 2 fully saturated rings. The molecule has 2 aliphatic carbocycles. The highest BCUT2D eigenvalue weighted by Gasteiger charge is 2.53. The minimum absolute atomic E-state index is 0.113. The summed E-state index contributed by atoms with van der Waals surface area (Å²) in [4.78, 5) is 23.8. The van der Waals surface area contributed by atoms with Crippen LogP contribution in [0, 0.1) is 17.3 Å². The molecule has 3 aliphatic rings. The average Bonchev–Trinajstić information content (AvgIpc) is 3.35. The Morgan fingerprint density at radius 3 is 2.76 bits per heavy atom. The maximum absolute atomic E-state index is 14.3. The van der Waals surface area contributed by atoms with E-state index in [9.17, 15) is 18.4 Å². The number of fused-ring (bicyclic) bond motifs is 1. The lowest BCUT2D eigenvalue weighted by Crippen LogP contribution is -2.31. The quantitative estimate of drug-likeness (QED) is 0.136. The van der Waals surface area contributed by atoms with E-state index in [4.69, 9.17) is 14.2 Å². The first-order chi connectivity index (χ1) is 16.3. The largest absolute Gasteiger partial charge is 0.469 e. The normalized spacial score (nSPS) is 31.2. The third kappa shape index (κ3) is 6.75. The number of alkyl halides is 2. The number of rotatable bonds is 13. The minimum Gasteiger partial charge on any atom is -0.469 e. The van der Waals surface area contributed by atoms with E-state index < -0.39 is 18.1 Å². The number of carbonyl (C=O) groups is 2. The van der Waals surface area contributed by atoms with Gasteiger partial charge in [0.1, 0.15) is 0 Å². The summed E-state index contributed by atoms with van der Waals surface area (Å²) in [7, 11) is 1.40. The van der Waals surface area contributed by atoms with Crippen LogP contribution >= 0.6 is 0 Å². The molecule has 192 valence electrons. The van der Waals surface area contributed by atoms with Crippen molar-refractivity contribution in [3.05, 3.63) is 24.3 Å². The Morgan fingerprint density at radius 2 is 2.06 bits per heavy atom. The van der Waals surface area contributed by atoms with Crippen molar-refractivity contribution in [3.63, 3.8) is 0 Å². The lowest BCUT2D eigenvalue weighted by molar-refractivity contribution is -0.193. The zero-order chi connectivity index (χ0) is 24.6. The lowest BCUT2D eigenvalue weighted by atomic mass is 9.74. The molecule has 0 aromatic carbocycles. The second-order valence-electron chi connectivity index (χ2n) is 10.0. The molecule has 0 bridgehead atoms. The van der Waals surface area contributed by atoms with Gasteiger partial charge in [0.05, 0.1) is 13.2 Å². The van der Waals surface area contributed by atoms with Crippen LogP contribution in [0.15, 0.2) is 24.3 Å². The summed E-state index contributed by atoms with van der Waals surface area (Å²) in [6.07, 6.45) is 14.6. The SMILES string of the molecule is CCCCC(F)(F)C(=O)/C=C/C1C(OC2CCCCO2)CC2(CCCCC(=O)OC)C=CCC12. The van der Waals surface area contributed by atoms with E-state index in [1.807, 2.05) is 6.92 Å². The number of hydrogen-bond acceptors (Lipinski definition) is 5. The molecule has 1 aliphatic heterocycles. The summed E-state index contributed by atoms with van der Waals surface area (Å²) in [6.45, 7) is 2.50. The summed E-state index contributed by atoms with van der Waals surface area (Å²) in [5.41, 5.74) is -0.113.